The highest BCUT2D eigenvalue weighted by Gasteiger charge is 2.38. The molecule has 2 fully saturated rings. The Balaban J connectivity index is 1.30. The summed E-state index contributed by atoms with van der Waals surface area (Å²) in [5, 5.41) is 4.85. The molecule has 0 aromatic carbocycles. The largest absolute Gasteiger partial charge is 0.291 e. The maximum absolute atomic E-state index is 4.85. The highest BCUT2D eigenvalue weighted by atomic mass is 15.4. The third kappa shape index (κ3) is 3.06. The van der Waals surface area contributed by atoms with Gasteiger partial charge in [0.25, 0.3) is 0 Å². The molecule has 1 saturated heterocycles. The Morgan fingerprint density at radius 2 is 2.00 bits per heavy atom. The predicted octanol–water partition coefficient (Wildman–Crippen LogP) is 4.39. The molecule has 0 radical (unpaired) electrons. The molecule has 3 nitrogen and oxygen atoms in total. The van der Waals surface area contributed by atoms with Gasteiger partial charge in [-0.15, -0.1) is 0 Å². The van der Waals surface area contributed by atoms with E-state index in [1.807, 2.05) is 0 Å². The smallest absolute Gasteiger partial charge is 0.0773 e. The van der Waals surface area contributed by atoms with Crippen molar-refractivity contribution in [1.29, 1.82) is 0 Å². The van der Waals surface area contributed by atoms with Crippen LogP contribution in [0.15, 0.2) is 60.4 Å². The molecular formula is C22H27N3. The Bertz CT molecular complexity index is 741. The number of hydrogen-bond acceptors (Lipinski definition) is 2. The molecule has 1 aliphatic heterocycles. The minimum atomic E-state index is 0.521. The second-order valence-electron chi connectivity index (χ2n) is 7.94. The van der Waals surface area contributed by atoms with Crippen molar-refractivity contribution in [3.8, 4) is 0 Å². The van der Waals surface area contributed by atoms with Gasteiger partial charge in [-0.1, -0.05) is 42.5 Å². The SMILES string of the molecule is C1=CCC(C(C2=CCCC=C2)N2CC(n3ccc(C4CC4)n3)C2)C=C1. The molecule has 0 N–H and O–H groups in total. The Hall–Kier alpha value is -1.87. The summed E-state index contributed by atoms with van der Waals surface area (Å²) in [5.74, 6) is 1.35. The van der Waals surface area contributed by atoms with Crippen LogP contribution in [0.25, 0.3) is 0 Å². The van der Waals surface area contributed by atoms with E-state index in [1.54, 1.807) is 0 Å². The van der Waals surface area contributed by atoms with E-state index in [2.05, 4.69) is 64.4 Å². The second kappa shape index (κ2) is 6.45. The first-order chi connectivity index (χ1) is 12.4. The Morgan fingerprint density at radius 1 is 1.08 bits per heavy atom. The van der Waals surface area contributed by atoms with E-state index in [4.69, 9.17) is 5.10 Å². The highest BCUT2D eigenvalue weighted by molar-refractivity contribution is 5.32. The summed E-state index contributed by atoms with van der Waals surface area (Å²) in [6.45, 7) is 2.24. The van der Waals surface area contributed by atoms with Crippen molar-refractivity contribution in [2.24, 2.45) is 5.92 Å². The van der Waals surface area contributed by atoms with Crippen LogP contribution in [0, 0.1) is 5.92 Å². The average Bonchev–Trinajstić information content (AvgIpc) is 3.37. The van der Waals surface area contributed by atoms with Crippen molar-refractivity contribution in [2.45, 2.75) is 50.1 Å². The van der Waals surface area contributed by atoms with Gasteiger partial charge in [-0.2, -0.15) is 5.10 Å². The van der Waals surface area contributed by atoms with Gasteiger partial charge < -0.3 is 0 Å². The Morgan fingerprint density at radius 3 is 2.72 bits per heavy atom. The maximum atomic E-state index is 4.85. The van der Waals surface area contributed by atoms with Gasteiger partial charge in [0.05, 0.1) is 11.7 Å². The highest BCUT2D eigenvalue weighted by Crippen LogP contribution is 2.40. The maximum Gasteiger partial charge on any atom is 0.0773 e. The first kappa shape index (κ1) is 15.4. The number of nitrogens with zero attached hydrogens (tertiary/aromatic N) is 3. The van der Waals surface area contributed by atoms with Crippen molar-refractivity contribution in [3.05, 3.63) is 66.1 Å². The summed E-state index contributed by atoms with van der Waals surface area (Å²) in [4.78, 5) is 2.67. The number of allylic oxidation sites excluding steroid dienone is 5. The first-order valence-electron chi connectivity index (χ1n) is 9.87. The molecule has 2 unspecified atom stereocenters. The molecule has 2 atom stereocenters. The lowest BCUT2D eigenvalue weighted by atomic mass is 9.83. The molecule has 0 amide bonds. The van der Waals surface area contributed by atoms with Gasteiger partial charge in [0.2, 0.25) is 0 Å². The molecule has 0 spiro atoms. The molecule has 4 aliphatic rings. The van der Waals surface area contributed by atoms with Crippen molar-refractivity contribution in [3.63, 3.8) is 0 Å². The molecular weight excluding hydrogens is 306 g/mol. The van der Waals surface area contributed by atoms with Crippen molar-refractivity contribution in [1.82, 2.24) is 14.7 Å². The van der Waals surface area contributed by atoms with E-state index >= 15 is 0 Å². The van der Waals surface area contributed by atoms with E-state index in [9.17, 15) is 0 Å². The van der Waals surface area contributed by atoms with E-state index in [1.165, 1.54) is 37.0 Å². The van der Waals surface area contributed by atoms with Gasteiger partial charge in [0.15, 0.2) is 0 Å². The van der Waals surface area contributed by atoms with E-state index < -0.39 is 0 Å². The quantitative estimate of drug-likeness (QED) is 0.796. The zero-order valence-corrected chi connectivity index (χ0v) is 14.8. The number of aromatic nitrogens is 2. The molecule has 0 bridgehead atoms. The van der Waals surface area contributed by atoms with Crippen LogP contribution in [0.5, 0.6) is 0 Å². The van der Waals surface area contributed by atoms with E-state index in [0.29, 0.717) is 18.0 Å². The molecule has 3 aliphatic carbocycles. The minimum Gasteiger partial charge on any atom is -0.291 e. The van der Waals surface area contributed by atoms with Crippen molar-refractivity contribution in [2.75, 3.05) is 13.1 Å². The standard InChI is InChI=1S/C22H27N3/c1-3-7-18(8-4-1)22(19-9-5-2-6-10-19)24-15-20(16-24)25-14-13-21(23-25)17-11-12-17/h1,3-5,7,9-10,13-14,17-18,20,22H,2,6,8,11-12,15-16H2. The molecule has 3 heteroatoms. The molecule has 25 heavy (non-hydrogen) atoms. The lowest BCUT2D eigenvalue weighted by Crippen LogP contribution is -2.55. The lowest BCUT2D eigenvalue weighted by molar-refractivity contribution is 0.0515. The summed E-state index contributed by atoms with van der Waals surface area (Å²) >= 11 is 0. The Kier molecular flexibility index (Phi) is 3.97. The lowest BCUT2D eigenvalue weighted by Gasteiger charge is -2.47. The minimum absolute atomic E-state index is 0.521. The third-order valence-corrected chi connectivity index (χ3v) is 6.07. The van der Waals surface area contributed by atoms with E-state index in [0.717, 1.165) is 25.4 Å². The summed E-state index contributed by atoms with van der Waals surface area (Å²) in [5.41, 5.74) is 2.84. The van der Waals surface area contributed by atoms with Crippen LogP contribution in [0.4, 0.5) is 0 Å². The van der Waals surface area contributed by atoms with Crippen LogP contribution in [0.1, 0.15) is 49.8 Å². The second-order valence-corrected chi connectivity index (χ2v) is 7.94. The Labute approximate surface area is 150 Å². The topological polar surface area (TPSA) is 21.1 Å². The number of hydrogen-bond donors (Lipinski definition) is 0. The summed E-state index contributed by atoms with van der Waals surface area (Å²) in [6.07, 6.45) is 24.7. The van der Waals surface area contributed by atoms with Crippen LogP contribution >= 0.6 is 0 Å². The van der Waals surface area contributed by atoms with Crippen molar-refractivity contribution >= 4 is 0 Å². The molecule has 5 rings (SSSR count). The van der Waals surface area contributed by atoms with Gasteiger partial charge >= 0.3 is 0 Å². The van der Waals surface area contributed by atoms with Crippen molar-refractivity contribution < 1.29 is 0 Å². The van der Waals surface area contributed by atoms with Gasteiger partial charge in [-0.3, -0.25) is 9.58 Å². The van der Waals surface area contributed by atoms with Crippen LogP contribution in [0.3, 0.4) is 0 Å². The van der Waals surface area contributed by atoms with Gasteiger partial charge in [-0.25, -0.2) is 0 Å². The summed E-state index contributed by atoms with van der Waals surface area (Å²) < 4.78 is 2.23. The van der Waals surface area contributed by atoms with Gasteiger partial charge in [-0.05, 0) is 43.7 Å². The zero-order valence-electron chi connectivity index (χ0n) is 14.8. The average molecular weight is 333 g/mol. The van der Waals surface area contributed by atoms with Crippen LogP contribution in [-0.4, -0.2) is 33.8 Å². The normalized spacial score (nSPS) is 28.0. The van der Waals surface area contributed by atoms with Crippen LogP contribution in [-0.2, 0) is 0 Å². The molecule has 1 aromatic rings. The van der Waals surface area contributed by atoms with Crippen LogP contribution in [0.2, 0.25) is 0 Å². The zero-order chi connectivity index (χ0) is 16.6. The number of likely N-dealkylation sites (tertiary alicyclic amines) is 1. The third-order valence-electron chi connectivity index (χ3n) is 6.07. The summed E-state index contributed by atoms with van der Waals surface area (Å²) in [7, 11) is 0. The fourth-order valence-electron chi connectivity index (χ4n) is 4.45. The fourth-order valence-corrected chi connectivity index (χ4v) is 4.45. The first-order valence-corrected chi connectivity index (χ1v) is 9.87. The fraction of sp³-hybridized carbons (Fsp3) is 0.500. The predicted molar refractivity (Wildman–Crippen MR) is 101 cm³/mol. The summed E-state index contributed by atoms with van der Waals surface area (Å²) in [6, 6.07) is 3.30. The van der Waals surface area contributed by atoms with Crippen LogP contribution < -0.4 is 0 Å². The van der Waals surface area contributed by atoms with Gasteiger partial charge in [0.1, 0.15) is 0 Å². The molecule has 2 heterocycles. The molecule has 130 valence electrons. The molecule has 1 aromatic heterocycles. The monoisotopic (exact) mass is 333 g/mol. The molecule has 1 saturated carbocycles. The van der Waals surface area contributed by atoms with Gasteiger partial charge in [0, 0.05) is 37.2 Å². The van der Waals surface area contributed by atoms with E-state index in [-0.39, 0.29) is 0 Å². The number of rotatable bonds is 5.